The Morgan fingerprint density at radius 2 is 1.82 bits per heavy atom. The zero-order valence-electron chi connectivity index (χ0n) is 5.73. The highest BCUT2D eigenvalue weighted by Gasteiger charge is 2.07. The van der Waals surface area contributed by atoms with Gasteiger partial charge in [-0.05, 0) is 6.07 Å². The first kappa shape index (κ1) is 7.40. The van der Waals surface area contributed by atoms with Gasteiger partial charge >= 0.3 is 0 Å². The summed E-state index contributed by atoms with van der Waals surface area (Å²) in [5.41, 5.74) is 0.306. The van der Waals surface area contributed by atoms with E-state index in [1.165, 1.54) is 18.2 Å². The van der Waals surface area contributed by atoms with E-state index in [0.717, 1.165) is 0 Å². The lowest BCUT2D eigenvalue weighted by atomic mass is 10.3. The van der Waals surface area contributed by atoms with Gasteiger partial charge in [0.15, 0.2) is 18.2 Å². The standard InChI is InChI=1S/C7H7NO3/c1-8(11)5-2-3-6(9)7(10)4-5/h2-4H,1H2,(H2-,9,10,11)/p+1. The monoisotopic (exact) mass is 154 g/mol. The maximum Gasteiger partial charge on any atom is 0.260 e. The Kier molecular flexibility index (Phi) is 1.68. The highest BCUT2D eigenvalue weighted by atomic mass is 16.5. The van der Waals surface area contributed by atoms with Crippen LogP contribution >= 0.6 is 0 Å². The van der Waals surface area contributed by atoms with Crippen molar-refractivity contribution < 1.29 is 20.2 Å². The van der Waals surface area contributed by atoms with Crippen LogP contribution in [0.3, 0.4) is 0 Å². The SMILES string of the molecule is C=[N+](O)c1ccc(O)c(O)c1. The Labute approximate surface area is 63.2 Å². The topological polar surface area (TPSA) is 63.7 Å². The molecule has 0 aromatic heterocycles. The van der Waals surface area contributed by atoms with E-state index < -0.39 is 0 Å². The van der Waals surface area contributed by atoms with Crippen molar-refractivity contribution in [2.24, 2.45) is 0 Å². The molecule has 11 heavy (non-hydrogen) atoms. The summed E-state index contributed by atoms with van der Waals surface area (Å²) in [4.78, 5) is 0. The number of rotatable bonds is 1. The second kappa shape index (κ2) is 2.49. The summed E-state index contributed by atoms with van der Waals surface area (Å²) in [6, 6.07) is 3.88. The fourth-order valence-corrected chi connectivity index (χ4v) is 0.672. The molecular weight excluding hydrogens is 146 g/mol. The Balaban J connectivity index is 3.15. The molecule has 0 aliphatic rings. The molecule has 0 amide bonds. The number of benzene rings is 1. The highest BCUT2D eigenvalue weighted by Crippen LogP contribution is 2.27. The van der Waals surface area contributed by atoms with Crippen molar-refractivity contribution >= 4 is 12.4 Å². The molecule has 0 bridgehead atoms. The van der Waals surface area contributed by atoms with Crippen LogP contribution in [0.2, 0.25) is 0 Å². The van der Waals surface area contributed by atoms with Gasteiger partial charge in [-0.2, -0.15) is 0 Å². The van der Waals surface area contributed by atoms with Gasteiger partial charge in [0, 0.05) is 10.8 Å². The van der Waals surface area contributed by atoms with Crippen molar-refractivity contribution in [1.29, 1.82) is 0 Å². The van der Waals surface area contributed by atoms with Gasteiger partial charge in [0.25, 0.3) is 5.69 Å². The van der Waals surface area contributed by atoms with Gasteiger partial charge in [0.05, 0.1) is 6.07 Å². The Morgan fingerprint density at radius 3 is 2.27 bits per heavy atom. The lowest BCUT2D eigenvalue weighted by Gasteiger charge is -1.95. The van der Waals surface area contributed by atoms with Crippen LogP contribution in [0.5, 0.6) is 11.5 Å². The maximum absolute atomic E-state index is 8.93. The smallest absolute Gasteiger partial charge is 0.260 e. The van der Waals surface area contributed by atoms with Gasteiger partial charge in [-0.15, -0.1) is 0 Å². The molecule has 0 heterocycles. The Morgan fingerprint density at radius 1 is 1.18 bits per heavy atom. The molecule has 0 unspecified atom stereocenters. The average molecular weight is 154 g/mol. The van der Waals surface area contributed by atoms with Crippen LogP contribution in [0, 0.1) is 0 Å². The van der Waals surface area contributed by atoms with Crippen LogP contribution in [0.15, 0.2) is 18.2 Å². The largest absolute Gasteiger partial charge is 0.504 e. The van der Waals surface area contributed by atoms with Gasteiger partial charge in [-0.1, -0.05) is 0 Å². The van der Waals surface area contributed by atoms with Crippen LogP contribution in [-0.4, -0.2) is 26.9 Å². The summed E-state index contributed by atoms with van der Waals surface area (Å²) < 4.78 is 0.596. The minimum Gasteiger partial charge on any atom is -0.504 e. The van der Waals surface area contributed by atoms with Gasteiger partial charge in [0.1, 0.15) is 0 Å². The van der Waals surface area contributed by atoms with Crippen molar-refractivity contribution in [2.45, 2.75) is 0 Å². The van der Waals surface area contributed by atoms with Crippen LogP contribution in [0.25, 0.3) is 0 Å². The predicted octanol–water partition coefficient (Wildman–Crippen LogP) is 0.832. The van der Waals surface area contributed by atoms with Crippen molar-refractivity contribution in [1.82, 2.24) is 0 Å². The minimum absolute atomic E-state index is 0.226. The Hall–Kier alpha value is -1.71. The first-order chi connectivity index (χ1) is 5.11. The molecule has 0 fully saturated rings. The molecule has 1 aromatic rings. The number of phenolic OH excluding ortho intramolecular Hbond substituents is 2. The number of nitrogens with zero attached hydrogens (tertiary/aromatic N) is 1. The second-order valence-corrected chi connectivity index (χ2v) is 2.07. The second-order valence-electron chi connectivity index (χ2n) is 2.07. The molecule has 0 radical (unpaired) electrons. The number of hydrogen-bond donors (Lipinski definition) is 3. The molecule has 0 aliphatic carbocycles. The molecule has 1 rings (SSSR count). The summed E-state index contributed by atoms with van der Waals surface area (Å²) in [5, 5.41) is 26.6. The molecule has 4 nitrogen and oxygen atoms in total. The first-order valence-corrected chi connectivity index (χ1v) is 2.93. The molecule has 1 aromatic carbocycles. The minimum atomic E-state index is -0.287. The predicted molar refractivity (Wildman–Crippen MR) is 38.6 cm³/mol. The van der Waals surface area contributed by atoms with Crippen molar-refractivity contribution in [3.8, 4) is 11.5 Å². The normalized spacial score (nSPS) is 9.45. The maximum atomic E-state index is 8.93. The zero-order chi connectivity index (χ0) is 8.43. The summed E-state index contributed by atoms with van der Waals surface area (Å²) in [6.45, 7) is 3.18. The molecule has 58 valence electrons. The van der Waals surface area contributed by atoms with Gasteiger partial charge in [-0.3, -0.25) is 5.21 Å². The van der Waals surface area contributed by atoms with Crippen LogP contribution < -0.4 is 0 Å². The quantitative estimate of drug-likeness (QED) is 0.184. The number of phenols is 2. The van der Waals surface area contributed by atoms with E-state index in [1.807, 2.05) is 0 Å². The van der Waals surface area contributed by atoms with Gasteiger partial charge in [-0.25, -0.2) is 0 Å². The van der Waals surface area contributed by atoms with Gasteiger partial charge in [0.2, 0.25) is 0 Å². The summed E-state index contributed by atoms with van der Waals surface area (Å²) in [5.74, 6) is -0.513. The lowest BCUT2D eigenvalue weighted by Crippen LogP contribution is -1.92. The third kappa shape index (κ3) is 1.40. The molecule has 0 saturated heterocycles. The molecule has 3 N–H and O–H groups in total. The van der Waals surface area contributed by atoms with Crippen LogP contribution in [-0.2, 0) is 0 Å². The molecule has 0 aliphatic heterocycles. The van der Waals surface area contributed by atoms with E-state index in [1.54, 1.807) is 0 Å². The van der Waals surface area contributed by atoms with Crippen molar-refractivity contribution in [3.05, 3.63) is 18.2 Å². The van der Waals surface area contributed by atoms with E-state index in [-0.39, 0.29) is 11.5 Å². The van der Waals surface area contributed by atoms with Crippen LogP contribution in [0.4, 0.5) is 5.69 Å². The number of aromatic hydroxyl groups is 2. The summed E-state index contributed by atoms with van der Waals surface area (Å²) in [7, 11) is 0. The van der Waals surface area contributed by atoms with E-state index in [4.69, 9.17) is 15.4 Å². The molecular formula is C7H8NO3+. The van der Waals surface area contributed by atoms with Crippen molar-refractivity contribution in [2.75, 3.05) is 0 Å². The van der Waals surface area contributed by atoms with E-state index in [2.05, 4.69) is 6.72 Å². The molecule has 0 spiro atoms. The fraction of sp³-hybridized carbons (Fsp3) is 0. The third-order valence-corrected chi connectivity index (χ3v) is 1.26. The summed E-state index contributed by atoms with van der Waals surface area (Å²) in [6.07, 6.45) is 0. The zero-order valence-corrected chi connectivity index (χ0v) is 5.73. The third-order valence-electron chi connectivity index (χ3n) is 1.26. The van der Waals surface area contributed by atoms with E-state index in [0.29, 0.717) is 10.4 Å². The van der Waals surface area contributed by atoms with E-state index >= 15 is 0 Å². The van der Waals surface area contributed by atoms with Crippen LogP contribution in [0.1, 0.15) is 0 Å². The lowest BCUT2D eigenvalue weighted by molar-refractivity contribution is -0.706. The number of hydrogen-bond acceptors (Lipinski definition) is 3. The molecule has 4 heteroatoms. The fourth-order valence-electron chi connectivity index (χ4n) is 0.672. The van der Waals surface area contributed by atoms with E-state index in [9.17, 15) is 0 Å². The first-order valence-electron chi connectivity index (χ1n) is 2.93. The summed E-state index contributed by atoms with van der Waals surface area (Å²) >= 11 is 0. The average Bonchev–Trinajstić information content (AvgIpc) is 1.94. The van der Waals surface area contributed by atoms with Crippen molar-refractivity contribution in [3.63, 3.8) is 0 Å². The Bertz CT molecular complexity index is 296. The molecule has 0 saturated carbocycles. The highest BCUT2D eigenvalue weighted by molar-refractivity contribution is 5.47. The van der Waals surface area contributed by atoms with Gasteiger partial charge < -0.3 is 10.2 Å². The molecule has 0 atom stereocenters.